The van der Waals surface area contributed by atoms with Gasteiger partial charge in [0.05, 0.1) is 28.8 Å². The van der Waals surface area contributed by atoms with Crippen LogP contribution in [0.25, 0.3) is 0 Å². The van der Waals surface area contributed by atoms with Crippen molar-refractivity contribution in [3.05, 3.63) is 10.9 Å². The molecule has 1 aliphatic carbocycles. The maximum Gasteiger partial charge on any atom is 0.178 e. The molecule has 1 fully saturated rings. The summed E-state index contributed by atoms with van der Waals surface area (Å²) in [4.78, 5) is 12.7. The predicted octanol–water partition coefficient (Wildman–Crippen LogP) is 2.39. The average Bonchev–Trinajstić information content (AvgIpc) is 3.21. The standard InChI is InChI=1S/C14H22N2O3S/c1-18-7-8-19-6-2-5-16-12-9-11(15)14(20-12)13(17)10-3-4-10/h9-10,16H,2-8,15H2,1H3. The Balaban J connectivity index is 1.68. The van der Waals surface area contributed by atoms with Gasteiger partial charge in [0.1, 0.15) is 0 Å². The monoisotopic (exact) mass is 298 g/mol. The van der Waals surface area contributed by atoms with Crippen LogP contribution in [0, 0.1) is 5.92 Å². The lowest BCUT2D eigenvalue weighted by molar-refractivity contribution is 0.0705. The van der Waals surface area contributed by atoms with E-state index >= 15 is 0 Å². The molecule has 20 heavy (non-hydrogen) atoms. The first-order valence-corrected chi connectivity index (χ1v) is 7.78. The van der Waals surface area contributed by atoms with E-state index in [-0.39, 0.29) is 11.7 Å². The molecule has 2 rings (SSSR count). The molecule has 0 radical (unpaired) electrons. The molecular formula is C14H22N2O3S. The lowest BCUT2D eigenvalue weighted by atomic mass is 10.2. The van der Waals surface area contributed by atoms with Crippen molar-refractivity contribution in [1.82, 2.24) is 0 Å². The van der Waals surface area contributed by atoms with Crippen molar-refractivity contribution in [2.45, 2.75) is 19.3 Å². The molecule has 1 aromatic heterocycles. The lowest BCUT2D eigenvalue weighted by Gasteiger charge is -2.04. The highest BCUT2D eigenvalue weighted by Gasteiger charge is 2.32. The minimum atomic E-state index is 0.212. The maximum atomic E-state index is 12.0. The van der Waals surface area contributed by atoms with Gasteiger partial charge in [-0.05, 0) is 25.3 Å². The molecule has 0 unspecified atom stereocenters. The molecule has 1 heterocycles. The van der Waals surface area contributed by atoms with Gasteiger partial charge in [-0.15, -0.1) is 11.3 Å². The summed E-state index contributed by atoms with van der Waals surface area (Å²) < 4.78 is 10.3. The zero-order chi connectivity index (χ0) is 14.4. The van der Waals surface area contributed by atoms with Crippen molar-refractivity contribution in [2.75, 3.05) is 44.5 Å². The summed E-state index contributed by atoms with van der Waals surface area (Å²) in [5.74, 6) is 0.432. The number of anilines is 2. The van der Waals surface area contributed by atoms with Crippen molar-refractivity contribution in [3.63, 3.8) is 0 Å². The smallest absolute Gasteiger partial charge is 0.178 e. The Bertz CT molecular complexity index is 444. The van der Waals surface area contributed by atoms with Crippen molar-refractivity contribution in [3.8, 4) is 0 Å². The predicted molar refractivity (Wildman–Crippen MR) is 81.6 cm³/mol. The molecule has 0 bridgehead atoms. The number of hydrogen-bond donors (Lipinski definition) is 2. The highest BCUT2D eigenvalue weighted by Crippen LogP contribution is 2.38. The van der Waals surface area contributed by atoms with E-state index in [0.29, 0.717) is 30.4 Å². The molecule has 0 saturated heterocycles. The highest BCUT2D eigenvalue weighted by atomic mass is 32.1. The van der Waals surface area contributed by atoms with Gasteiger partial charge in [-0.2, -0.15) is 0 Å². The molecule has 112 valence electrons. The number of carbonyl (C=O) groups is 1. The van der Waals surface area contributed by atoms with E-state index in [2.05, 4.69) is 5.32 Å². The lowest BCUT2D eigenvalue weighted by Crippen LogP contribution is -2.07. The normalized spacial score (nSPS) is 14.4. The minimum absolute atomic E-state index is 0.212. The first kappa shape index (κ1) is 15.3. The largest absolute Gasteiger partial charge is 0.397 e. The van der Waals surface area contributed by atoms with E-state index in [4.69, 9.17) is 15.2 Å². The van der Waals surface area contributed by atoms with Crippen LogP contribution in [0.4, 0.5) is 10.7 Å². The number of nitrogens with one attached hydrogen (secondary N) is 1. The second-order valence-corrected chi connectivity index (χ2v) is 5.97. The van der Waals surface area contributed by atoms with Crippen molar-refractivity contribution in [1.29, 1.82) is 0 Å². The van der Waals surface area contributed by atoms with Gasteiger partial charge in [0.15, 0.2) is 5.78 Å². The van der Waals surface area contributed by atoms with Crippen LogP contribution in [0.1, 0.15) is 28.9 Å². The molecule has 0 amide bonds. The molecule has 0 aliphatic heterocycles. The van der Waals surface area contributed by atoms with Crippen LogP contribution in [0.3, 0.4) is 0 Å². The fraction of sp³-hybridized carbons (Fsp3) is 0.643. The van der Waals surface area contributed by atoms with Gasteiger partial charge >= 0.3 is 0 Å². The second kappa shape index (κ2) is 7.61. The zero-order valence-electron chi connectivity index (χ0n) is 11.8. The number of hydrogen-bond acceptors (Lipinski definition) is 6. The molecular weight excluding hydrogens is 276 g/mol. The summed E-state index contributed by atoms with van der Waals surface area (Å²) in [5, 5.41) is 4.25. The summed E-state index contributed by atoms with van der Waals surface area (Å²) in [6.45, 7) is 2.76. The second-order valence-electron chi connectivity index (χ2n) is 4.92. The Hall–Kier alpha value is -1.11. The van der Waals surface area contributed by atoms with Gasteiger partial charge < -0.3 is 20.5 Å². The molecule has 0 spiro atoms. The Morgan fingerprint density at radius 2 is 2.25 bits per heavy atom. The molecule has 1 aromatic rings. The zero-order valence-corrected chi connectivity index (χ0v) is 12.6. The number of methoxy groups -OCH3 is 1. The Morgan fingerprint density at radius 3 is 2.95 bits per heavy atom. The highest BCUT2D eigenvalue weighted by molar-refractivity contribution is 7.18. The number of Topliss-reactive ketones (excluding diaryl/α,β-unsaturated/α-hetero) is 1. The minimum Gasteiger partial charge on any atom is -0.397 e. The third kappa shape index (κ3) is 4.47. The first-order valence-electron chi connectivity index (χ1n) is 6.96. The summed E-state index contributed by atoms with van der Waals surface area (Å²) in [6, 6.07) is 1.85. The summed E-state index contributed by atoms with van der Waals surface area (Å²) in [7, 11) is 1.66. The van der Waals surface area contributed by atoms with Crippen molar-refractivity contribution in [2.24, 2.45) is 5.92 Å². The molecule has 5 nitrogen and oxygen atoms in total. The van der Waals surface area contributed by atoms with Gasteiger partial charge in [-0.3, -0.25) is 4.79 Å². The van der Waals surface area contributed by atoms with E-state index in [1.54, 1.807) is 7.11 Å². The number of carbonyl (C=O) groups excluding carboxylic acids is 1. The molecule has 1 saturated carbocycles. The number of ketones is 1. The molecule has 6 heteroatoms. The Kier molecular flexibility index (Phi) is 5.82. The third-order valence-corrected chi connectivity index (χ3v) is 4.25. The van der Waals surface area contributed by atoms with Gasteiger partial charge in [0, 0.05) is 26.2 Å². The van der Waals surface area contributed by atoms with Gasteiger partial charge in [0.25, 0.3) is 0 Å². The van der Waals surface area contributed by atoms with Crippen LogP contribution in [0.5, 0.6) is 0 Å². The summed E-state index contributed by atoms with van der Waals surface area (Å²) in [5.41, 5.74) is 6.51. The van der Waals surface area contributed by atoms with E-state index in [1.807, 2.05) is 6.07 Å². The first-order chi connectivity index (χ1) is 9.72. The molecule has 0 atom stereocenters. The van der Waals surface area contributed by atoms with Crippen LogP contribution >= 0.6 is 11.3 Å². The van der Waals surface area contributed by atoms with E-state index < -0.39 is 0 Å². The summed E-state index contributed by atoms with van der Waals surface area (Å²) >= 11 is 1.46. The number of ether oxygens (including phenoxy) is 2. The number of nitrogens with two attached hydrogens (primary N) is 1. The number of rotatable bonds is 10. The Labute approximate surface area is 123 Å². The summed E-state index contributed by atoms with van der Waals surface area (Å²) in [6.07, 6.45) is 2.93. The van der Waals surface area contributed by atoms with Crippen LogP contribution < -0.4 is 11.1 Å². The molecule has 0 aromatic carbocycles. The van der Waals surface area contributed by atoms with Crippen LogP contribution in [0.15, 0.2) is 6.07 Å². The quantitative estimate of drug-likeness (QED) is 0.512. The SMILES string of the molecule is COCCOCCCNc1cc(N)c(C(=O)C2CC2)s1. The molecule has 3 N–H and O–H groups in total. The fourth-order valence-electron chi connectivity index (χ4n) is 1.85. The van der Waals surface area contributed by atoms with Gasteiger partial charge in [-0.1, -0.05) is 0 Å². The fourth-order valence-corrected chi connectivity index (χ4v) is 2.87. The topological polar surface area (TPSA) is 73.6 Å². The maximum absolute atomic E-state index is 12.0. The average molecular weight is 298 g/mol. The third-order valence-electron chi connectivity index (χ3n) is 3.13. The van der Waals surface area contributed by atoms with Crippen LogP contribution in [-0.2, 0) is 9.47 Å². The van der Waals surface area contributed by atoms with E-state index in [0.717, 1.165) is 30.8 Å². The van der Waals surface area contributed by atoms with Crippen LogP contribution in [0.2, 0.25) is 0 Å². The number of thiophene rings is 1. The van der Waals surface area contributed by atoms with E-state index in [1.165, 1.54) is 11.3 Å². The Morgan fingerprint density at radius 1 is 1.45 bits per heavy atom. The number of nitrogen functional groups attached to an aromatic ring is 1. The van der Waals surface area contributed by atoms with Gasteiger partial charge in [0.2, 0.25) is 0 Å². The van der Waals surface area contributed by atoms with Crippen molar-refractivity contribution >= 4 is 27.8 Å². The molecule has 1 aliphatic rings. The van der Waals surface area contributed by atoms with Crippen molar-refractivity contribution < 1.29 is 14.3 Å². The van der Waals surface area contributed by atoms with Crippen LogP contribution in [-0.4, -0.2) is 39.3 Å². The van der Waals surface area contributed by atoms with Gasteiger partial charge in [-0.25, -0.2) is 0 Å². The van der Waals surface area contributed by atoms with E-state index in [9.17, 15) is 4.79 Å².